The first kappa shape index (κ1) is 9.26. The van der Waals surface area contributed by atoms with E-state index >= 15 is 0 Å². The number of hydrogen-bond donors (Lipinski definition) is 0. The summed E-state index contributed by atoms with van der Waals surface area (Å²) in [5.41, 5.74) is 0.343. The van der Waals surface area contributed by atoms with Gasteiger partial charge in [-0.2, -0.15) is 0 Å². The molecule has 1 heterocycles. The van der Waals surface area contributed by atoms with Crippen molar-refractivity contribution in [3.8, 4) is 0 Å². The highest BCUT2D eigenvalue weighted by atomic mass is 35.5. The van der Waals surface area contributed by atoms with E-state index in [0.717, 1.165) is 4.90 Å². The molecule has 0 atom stereocenters. The smallest absolute Gasteiger partial charge is 0.271 e. The number of halogens is 1. The molecule has 0 fully saturated rings. The van der Waals surface area contributed by atoms with Crippen LogP contribution in [-0.2, 0) is 9.59 Å². The highest BCUT2D eigenvalue weighted by molar-refractivity contribution is 6.47. The molecular weight excluding hydrogens is 178 g/mol. The van der Waals surface area contributed by atoms with Crippen molar-refractivity contribution in [3.05, 3.63) is 10.6 Å². The van der Waals surface area contributed by atoms with Crippen LogP contribution in [0.1, 0.15) is 20.8 Å². The first-order valence-corrected chi connectivity index (χ1v) is 4.09. The highest BCUT2D eigenvalue weighted by Crippen LogP contribution is 2.24. The molecule has 66 valence electrons. The number of imide groups is 1. The Kier molecular flexibility index (Phi) is 2.24. The van der Waals surface area contributed by atoms with Crippen molar-refractivity contribution in [1.29, 1.82) is 0 Å². The standard InChI is InChI=1S/C8H10ClNO2/c1-4(2)10-7(11)5(3)6(9)8(10)12/h4H,1-3H3. The van der Waals surface area contributed by atoms with E-state index < -0.39 is 0 Å². The topological polar surface area (TPSA) is 37.4 Å². The Morgan fingerprint density at radius 1 is 1.25 bits per heavy atom. The van der Waals surface area contributed by atoms with Crippen LogP contribution in [-0.4, -0.2) is 22.8 Å². The third-order valence-corrected chi connectivity index (χ3v) is 2.24. The van der Waals surface area contributed by atoms with E-state index in [1.807, 2.05) is 0 Å². The molecule has 0 saturated heterocycles. The predicted molar refractivity (Wildman–Crippen MR) is 45.5 cm³/mol. The molecule has 0 N–H and O–H groups in total. The van der Waals surface area contributed by atoms with E-state index in [1.165, 1.54) is 0 Å². The summed E-state index contributed by atoms with van der Waals surface area (Å²) in [7, 11) is 0. The van der Waals surface area contributed by atoms with E-state index in [9.17, 15) is 9.59 Å². The van der Waals surface area contributed by atoms with Gasteiger partial charge in [-0.25, -0.2) is 0 Å². The van der Waals surface area contributed by atoms with Crippen LogP contribution in [0.2, 0.25) is 0 Å². The summed E-state index contributed by atoms with van der Waals surface area (Å²) in [5, 5.41) is 0.0497. The molecule has 0 aromatic heterocycles. The molecular formula is C8H10ClNO2. The summed E-state index contributed by atoms with van der Waals surface area (Å²) in [6, 6.07) is -0.129. The summed E-state index contributed by atoms with van der Waals surface area (Å²) < 4.78 is 0. The average Bonchev–Trinajstić information content (AvgIpc) is 2.16. The zero-order valence-electron chi connectivity index (χ0n) is 7.22. The molecule has 2 amide bonds. The van der Waals surface area contributed by atoms with E-state index in [4.69, 9.17) is 11.6 Å². The van der Waals surface area contributed by atoms with E-state index in [0.29, 0.717) is 5.57 Å². The van der Waals surface area contributed by atoms with Crippen LogP contribution in [0.4, 0.5) is 0 Å². The molecule has 3 nitrogen and oxygen atoms in total. The first-order valence-electron chi connectivity index (χ1n) is 3.71. The first-order chi connectivity index (χ1) is 5.46. The summed E-state index contributed by atoms with van der Waals surface area (Å²) >= 11 is 5.61. The zero-order chi connectivity index (χ0) is 9.46. The van der Waals surface area contributed by atoms with Gasteiger partial charge < -0.3 is 0 Å². The maximum absolute atomic E-state index is 11.3. The average molecular weight is 188 g/mol. The fourth-order valence-corrected chi connectivity index (χ4v) is 1.27. The van der Waals surface area contributed by atoms with E-state index in [2.05, 4.69) is 0 Å². The molecule has 1 rings (SSSR count). The second kappa shape index (κ2) is 2.90. The normalized spacial score (nSPS) is 18.6. The molecule has 1 aliphatic heterocycles. The largest absolute Gasteiger partial charge is 0.272 e. The van der Waals surface area contributed by atoms with Gasteiger partial charge in [0, 0.05) is 11.6 Å². The summed E-state index contributed by atoms with van der Waals surface area (Å²) in [4.78, 5) is 23.8. The van der Waals surface area contributed by atoms with Crippen LogP contribution in [0.3, 0.4) is 0 Å². The summed E-state index contributed by atoms with van der Waals surface area (Å²) in [5.74, 6) is -0.658. The number of carbonyl (C=O) groups is 2. The van der Waals surface area contributed by atoms with Gasteiger partial charge in [-0.15, -0.1) is 0 Å². The molecule has 1 aliphatic rings. The zero-order valence-corrected chi connectivity index (χ0v) is 7.97. The molecule has 0 unspecified atom stereocenters. The fraction of sp³-hybridized carbons (Fsp3) is 0.500. The minimum Gasteiger partial charge on any atom is -0.271 e. The van der Waals surface area contributed by atoms with Crippen LogP contribution in [0.25, 0.3) is 0 Å². The lowest BCUT2D eigenvalue weighted by atomic mass is 10.3. The van der Waals surface area contributed by atoms with Crippen molar-refractivity contribution >= 4 is 23.4 Å². The number of rotatable bonds is 1. The SMILES string of the molecule is CC1=C(Cl)C(=O)N(C(C)C)C1=O. The molecule has 12 heavy (non-hydrogen) atoms. The Hall–Kier alpha value is -0.830. The van der Waals surface area contributed by atoms with Gasteiger partial charge in [0.05, 0.1) is 0 Å². The van der Waals surface area contributed by atoms with Crippen molar-refractivity contribution < 1.29 is 9.59 Å². The molecule has 0 spiro atoms. The Morgan fingerprint density at radius 2 is 1.75 bits per heavy atom. The molecule has 0 aliphatic carbocycles. The number of carbonyl (C=O) groups excluding carboxylic acids is 2. The molecule has 4 heteroatoms. The van der Waals surface area contributed by atoms with Gasteiger partial charge >= 0.3 is 0 Å². The van der Waals surface area contributed by atoms with E-state index in [-0.39, 0.29) is 22.9 Å². The second-order valence-corrected chi connectivity index (χ2v) is 3.39. The van der Waals surface area contributed by atoms with E-state index in [1.54, 1.807) is 20.8 Å². The Morgan fingerprint density at radius 3 is 1.92 bits per heavy atom. The van der Waals surface area contributed by atoms with Crippen LogP contribution in [0, 0.1) is 0 Å². The Labute approximate surface area is 76.0 Å². The molecule has 0 aromatic carbocycles. The van der Waals surface area contributed by atoms with Gasteiger partial charge in [-0.1, -0.05) is 11.6 Å². The lowest BCUT2D eigenvalue weighted by molar-refractivity contribution is -0.139. The minimum absolute atomic E-state index is 0.0497. The Balaban J connectivity index is 3.04. The molecule has 0 aromatic rings. The second-order valence-electron chi connectivity index (χ2n) is 3.01. The molecule has 0 bridgehead atoms. The van der Waals surface area contributed by atoms with Gasteiger partial charge in [0.2, 0.25) is 0 Å². The van der Waals surface area contributed by atoms with Crippen molar-refractivity contribution in [2.24, 2.45) is 0 Å². The summed E-state index contributed by atoms with van der Waals surface area (Å²) in [6.07, 6.45) is 0. The molecule has 0 saturated carbocycles. The lowest BCUT2D eigenvalue weighted by Crippen LogP contribution is -2.37. The maximum atomic E-state index is 11.3. The monoisotopic (exact) mass is 187 g/mol. The van der Waals surface area contributed by atoms with Gasteiger partial charge in [0.1, 0.15) is 5.03 Å². The highest BCUT2D eigenvalue weighted by Gasteiger charge is 2.36. The summed E-state index contributed by atoms with van der Waals surface area (Å²) in [6.45, 7) is 5.11. The van der Waals surface area contributed by atoms with Crippen LogP contribution in [0.5, 0.6) is 0 Å². The quantitative estimate of drug-likeness (QED) is 0.580. The van der Waals surface area contributed by atoms with Gasteiger partial charge in [0.25, 0.3) is 11.8 Å². The van der Waals surface area contributed by atoms with Crippen molar-refractivity contribution in [3.63, 3.8) is 0 Å². The predicted octanol–water partition coefficient (Wildman–Crippen LogP) is 1.28. The van der Waals surface area contributed by atoms with Crippen LogP contribution < -0.4 is 0 Å². The van der Waals surface area contributed by atoms with Gasteiger partial charge in [-0.05, 0) is 20.8 Å². The third kappa shape index (κ3) is 1.14. The third-order valence-electron chi connectivity index (χ3n) is 1.79. The number of nitrogens with zero attached hydrogens (tertiary/aromatic N) is 1. The Bertz CT molecular complexity index is 257. The lowest BCUT2D eigenvalue weighted by Gasteiger charge is -2.18. The maximum Gasteiger partial charge on any atom is 0.272 e. The minimum atomic E-state index is -0.380. The van der Waals surface area contributed by atoms with Crippen molar-refractivity contribution in [2.75, 3.05) is 0 Å². The number of amides is 2. The van der Waals surface area contributed by atoms with Gasteiger partial charge in [-0.3, -0.25) is 14.5 Å². The van der Waals surface area contributed by atoms with Gasteiger partial charge in [0.15, 0.2) is 0 Å². The van der Waals surface area contributed by atoms with Crippen LogP contribution in [0.15, 0.2) is 10.6 Å². The fourth-order valence-electron chi connectivity index (χ4n) is 1.10. The molecule has 0 radical (unpaired) electrons. The van der Waals surface area contributed by atoms with Crippen molar-refractivity contribution in [1.82, 2.24) is 4.90 Å². The number of hydrogen-bond acceptors (Lipinski definition) is 2. The van der Waals surface area contributed by atoms with Crippen LogP contribution >= 0.6 is 11.6 Å². The van der Waals surface area contributed by atoms with Crippen molar-refractivity contribution in [2.45, 2.75) is 26.8 Å².